The van der Waals surface area contributed by atoms with E-state index in [1.807, 2.05) is 12.1 Å². The number of rotatable bonds is 2. The van der Waals surface area contributed by atoms with E-state index in [4.69, 9.17) is 5.73 Å². The lowest BCUT2D eigenvalue weighted by atomic mass is 10.1. The SMILES string of the molecule is Nc1ccc(F)cc1NC(=O)c1cccc2cc[nH]c12. The van der Waals surface area contributed by atoms with E-state index < -0.39 is 5.82 Å². The lowest BCUT2D eigenvalue weighted by Gasteiger charge is -2.09. The minimum Gasteiger partial charge on any atom is -0.397 e. The summed E-state index contributed by atoms with van der Waals surface area (Å²) in [4.78, 5) is 15.3. The van der Waals surface area contributed by atoms with E-state index in [1.165, 1.54) is 18.2 Å². The van der Waals surface area contributed by atoms with Crippen LogP contribution in [0.5, 0.6) is 0 Å². The van der Waals surface area contributed by atoms with Crippen molar-refractivity contribution < 1.29 is 9.18 Å². The van der Waals surface area contributed by atoms with Gasteiger partial charge in [0, 0.05) is 11.6 Å². The Balaban J connectivity index is 1.97. The van der Waals surface area contributed by atoms with Crippen molar-refractivity contribution in [3.63, 3.8) is 0 Å². The lowest BCUT2D eigenvalue weighted by Crippen LogP contribution is -2.13. The van der Waals surface area contributed by atoms with E-state index in [1.54, 1.807) is 18.3 Å². The maximum absolute atomic E-state index is 13.2. The van der Waals surface area contributed by atoms with Gasteiger partial charge in [0.25, 0.3) is 5.91 Å². The number of carbonyl (C=O) groups is 1. The number of H-pyrrole nitrogens is 1. The van der Waals surface area contributed by atoms with Crippen molar-refractivity contribution >= 4 is 28.2 Å². The van der Waals surface area contributed by atoms with Crippen molar-refractivity contribution in [3.05, 3.63) is 60.0 Å². The molecule has 4 N–H and O–H groups in total. The van der Waals surface area contributed by atoms with E-state index in [9.17, 15) is 9.18 Å². The second-order valence-corrected chi connectivity index (χ2v) is 4.43. The van der Waals surface area contributed by atoms with Crippen LogP contribution in [0.3, 0.4) is 0 Å². The van der Waals surface area contributed by atoms with Crippen LogP contribution in [0.15, 0.2) is 48.7 Å². The van der Waals surface area contributed by atoms with Gasteiger partial charge >= 0.3 is 0 Å². The molecule has 0 fully saturated rings. The molecule has 0 spiro atoms. The predicted molar refractivity (Wildman–Crippen MR) is 77.1 cm³/mol. The van der Waals surface area contributed by atoms with Gasteiger partial charge in [-0.2, -0.15) is 0 Å². The molecule has 0 saturated heterocycles. The Morgan fingerprint density at radius 3 is 2.90 bits per heavy atom. The van der Waals surface area contributed by atoms with Crippen molar-refractivity contribution in [1.82, 2.24) is 4.98 Å². The molecule has 3 aromatic rings. The van der Waals surface area contributed by atoms with E-state index in [2.05, 4.69) is 10.3 Å². The van der Waals surface area contributed by atoms with Crippen LogP contribution in [-0.2, 0) is 0 Å². The fraction of sp³-hybridized carbons (Fsp3) is 0. The van der Waals surface area contributed by atoms with E-state index in [0.717, 1.165) is 10.9 Å². The average Bonchev–Trinajstić information content (AvgIpc) is 2.91. The number of anilines is 2. The first-order valence-corrected chi connectivity index (χ1v) is 6.07. The number of para-hydroxylation sites is 1. The average molecular weight is 269 g/mol. The highest BCUT2D eigenvalue weighted by molar-refractivity contribution is 6.12. The van der Waals surface area contributed by atoms with Gasteiger partial charge in [-0.1, -0.05) is 12.1 Å². The quantitative estimate of drug-likeness (QED) is 0.625. The highest BCUT2D eigenvalue weighted by Crippen LogP contribution is 2.22. The first kappa shape index (κ1) is 12.2. The third-order valence-corrected chi connectivity index (χ3v) is 3.10. The summed E-state index contributed by atoms with van der Waals surface area (Å²) >= 11 is 0. The number of benzene rings is 2. The summed E-state index contributed by atoms with van der Waals surface area (Å²) in [5.74, 6) is -0.789. The minimum absolute atomic E-state index is 0.263. The fourth-order valence-electron chi connectivity index (χ4n) is 2.10. The molecule has 1 amide bonds. The number of nitrogens with two attached hydrogens (primary N) is 1. The van der Waals surface area contributed by atoms with E-state index in [-0.39, 0.29) is 11.6 Å². The maximum atomic E-state index is 13.2. The van der Waals surface area contributed by atoms with Crippen LogP contribution in [0.25, 0.3) is 10.9 Å². The molecule has 5 heteroatoms. The standard InChI is InChI=1S/C15H12FN3O/c16-10-4-5-12(17)13(8-10)19-15(20)11-3-1-2-9-6-7-18-14(9)11/h1-8,18H,17H2,(H,19,20). The molecule has 0 radical (unpaired) electrons. The molecule has 0 unspecified atom stereocenters. The molecule has 1 heterocycles. The molecule has 20 heavy (non-hydrogen) atoms. The Bertz CT molecular complexity index is 795. The summed E-state index contributed by atoms with van der Waals surface area (Å²) in [5.41, 5.74) is 7.52. The number of halogens is 1. The van der Waals surface area contributed by atoms with Gasteiger partial charge < -0.3 is 16.0 Å². The molecule has 0 aliphatic rings. The number of nitrogens with one attached hydrogen (secondary N) is 2. The largest absolute Gasteiger partial charge is 0.397 e. The second-order valence-electron chi connectivity index (χ2n) is 4.43. The minimum atomic E-state index is -0.451. The number of hydrogen-bond donors (Lipinski definition) is 3. The summed E-state index contributed by atoms with van der Waals surface area (Å²) in [6.45, 7) is 0. The molecular weight excluding hydrogens is 257 g/mol. The number of carbonyl (C=O) groups excluding carboxylic acids is 1. The number of fused-ring (bicyclic) bond motifs is 1. The molecule has 100 valence electrons. The molecule has 1 aromatic heterocycles. The highest BCUT2D eigenvalue weighted by atomic mass is 19.1. The highest BCUT2D eigenvalue weighted by Gasteiger charge is 2.12. The summed E-state index contributed by atoms with van der Waals surface area (Å²) in [6, 6.07) is 11.1. The Hall–Kier alpha value is -2.82. The van der Waals surface area contributed by atoms with Gasteiger partial charge in [-0.25, -0.2) is 4.39 Å². The number of hydrogen-bond acceptors (Lipinski definition) is 2. The number of aromatic nitrogens is 1. The topological polar surface area (TPSA) is 70.9 Å². The Morgan fingerprint density at radius 1 is 1.20 bits per heavy atom. The van der Waals surface area contributed by atoms with Gasteiger partial charge in [0.2, 0.25) is 0 Å². The lowest BCUT2D eigenvalue weighted by molar-refractivity contribution is 0.102. The van der Waals surface area contributed by atoms with Crippen LogP contribution in [0.1, 0.15) is 10.4 Å². The van der Waals surface area contributed by atoms with Crippen molar-refractivity contribution in [3.8, 4) is 0 Å². The monoisotopic (exact) mass is 269 g/mol. The van der Waals surface area contributed by atoms with Crippen molar-refractivity contribution in [2.24, 2.45) is 0 Å². The van der Waals surface area contributed by atoms with Crippen molar-refractivity contribution in [1.29, 1.82) is 0 Å². The molecule has 4 nitrogen and oxygen atoms in total. The van der Waals surface area contributed by atoms with Crippen LogP contribution in [0.2, 0.25) is 0 Å². The number of nitrogen functional groups attached to an aromatic ring is 1. The summed E-state index contributed by atoms with van der Waals surface area (Å²) in [5, 5.41) is 3.56. The first-order chi connectivity index (χ1) is 9.65. The van der Waals surface area contributed by atoms with Gasteiger partial charge in [0.15, 0.2) is 0 Å². The zero-order valence-electron chi connectivity index (χ0n) is 10.5. The zero-order chi connectivity index (χ0) is 14.1. The third-order valence-electron chi connectivity index (χ3n) is 3.10. The third kappa shape index (κ3) is 2.09. The maximum Gasteiger partial charge on any atom is 0.257 e. The Labute approximate surface area is 114 Å². The summed E-state index contributed by atoms with van der Waals surface area (Å²) in [6.07, 6.45) is 1.76. The second kappa shape index (κ2) is 4.70. The normalized spacial score (nSPS) is 10.7. The van der Waals surface area contributed by atoms with Gasteiger partial charge in [0.05, 0.1) is 22.5 Å². The molecule has 0 bridgehead atoms. The van der Waals surface area contributed by atoms with E-state index in [0.29, 0.717) is 11.3 Å². The fourth-order valence-corrected chi connectivity index (χ4v) is 2.10. The molecule has 0 saturated carbocycles. The van der Waals surface area contributed by atoms with Crippen molar-refractivity contribution in [2.75, 3.05) is 11.1 Å². The van der Waals surface area contributed by atoms with Crippen LogP contribution in [-0.4, -0.2) is 10.9 Å². The van der Waals surface area contributed by atoms with Crippen LogP contribution in [0, 0.1) is 5.82 Å². The molecule has 0 aliphatic heterocycles. The summed E-state index contributed by atoms with van der Waals surface area (Å²) < 4.78 is 13.2. The van der Waals surface area contributed by atoms with Gasteiger partial charge in [-0.05, 0) is 30.3 Å². The molecule has 0 atom stereocenters. The Kier molecular flexibility index (Phi) is 2.87. The molecule has 2 aromatic carbocycles. The number of amides is 1. The van der Waals surface area contributed by atoms with Crippen molar-refractivity contribution in [2.45, 2.75) is 0 Å². The van der Waals surface area contributed by atoms with E-state index >= 15 is 0 Å². The van der Waals surface area contributed by atoms with Crippen LogP contribution < -0.4 is 11.1 Å². The smallest absolute Gasteiger partial charge is 0.257 e. The number of aromatic amines is 1. The van der Waals surface area contributed by atoms with Crippen LogP contribution >= 0.6 is 0 Å². The Morgan fingerprint density at radius 2 is 2.05 bits per heavy atom. The molecular formula is C15H12FN3O. The predicted octanol–water partition coefficient (Wildman–Crippen LogP) is 3.14. The van der Waals surface area contributed by atoms with Gasteiger partial charge in [-0.15, -0.1) is 0 Å². The first-order valence-electron chi connectivity index (χ1n) is 6.07. The zero-order valence-corrected chi connectivity index (χ0v) is 10.5. The molecule has 0 aliphatic carbocycles. The van der Waals surface area contributed by atoms with Gasteiger partial charge in [-0.3, -0.25) is 4.79 Å². The van der Waals surface area contributed by atoms with Gasteiger partial charge in [0.1, 0.15) is 5.82 Å². The van der Waals surface area contributed by atoms with Crippen LogP contribution in [0.4, 0.5) is 15.8 Å². The summed E-state index contributed by atoms with van der Waals surface area (Å²) in [7, 11) is 0. The molecule has 3 rings (SSSR count).